The first kappa shape index (κ1) is 8.52. The lowest BCUT2D eigenvalue weighted by Crippen LogP contribution is -2.23. The highest BCUT2D eigenvalue weighted by Gasteiger charge is 2.34. The molecule has 0 aromatic rings. The molecule has 0 bridgehead atoms. The Kier molecular flexibility index (Phi) is 3.16. The summed E-state index contributed by atoms with van der Waals surface area (Å²) in [6, 6.07) is 0.472. The van der Waals surface area contributed by atoms with E-state index in [4.69, 9.17) is 0 Å². The molecule has 1 rings (SSSR count). The maximum Gasteiger partial charge on any atom is 0.425 e. The molecule has 60 valence electrons. The van der Waals surface area contributed by atoms with Crippen LogP contribution in [0.3, 0.4) is 0 Å². The van der Waals surface area contributed by atoms with Crippen molar-refractivity contribution in [1.82, 2.24) is 0 Å². The zero-order valence-corrected chi connectivity index (χ0v) is 7.72. The smallest absolute Gasteiger partial charge is 0.270 e. The molecule has 0 N–H and O–H groups in total. The number of rotatable bonds is 0. The Morgan fingerprint density at radius 1 is 1.00 bits per heavy atom. The maximum atomic E-state index is 12.8. The highest BCUT2D eigenvalue weighted by molar-refractivity contribution is 7.99. The van der Waals surface area contributed by atoms with Crippen LogP contribution in [0.4, 0.5) is 8.22 Å². The van der Waals surface area contributed by atoms with Crippen molar-refractivity contribution in [2.75, 3.05) is 11.5 Å². The Labute approximate surface area is 65.7 Å². The summed E-state index contributed by atoms with van der Waals surface area (Å²) in [5, 5.41) is 0. The summed E-state index contributed by atoms with van der Waals surface area (Å²) in [6.07, 6.45) is 1.48. The molecule has 1 heterocycles. The van der Waals surface area contributed by atoms with Crippen LogP contribution in [0.1, 0.15) is 12.8 Å². The van der Waals surface area contributed by atoms with E-state index in [1.807, 2.05) is 11.8 Å². The van der Waals surface area contributed by atoms with E-state index in [-0.39, 0.29) is 12.1 Å². The average Bonchev–Trinajstić information content (AvgIpc) is 1.81. The number of thioether (sulfide) groups is 1. The van der Waals surface area contributed by atoms with Crippen molar-refractivity contribution >= 4 is 20.5 Å². The van der Waals surface area contributed by atoms with Gasteiger partial charge in [-0.3, -0.25) is 8.22 Å². The lowest BCUT2D eigenvalue weighted by atomic mass is 10.5. The largest absolute Gasteiger partial charge is 0.425 e. The second kappa shape index (κ2) is 3.71. The van der Waals surface area contributed by atoms with E-state index in [0.717, 1.165) is 24.3 Å². The molecule has 0 aliphatic carbocycles. The zero-order valence-electron chi connectivity index (χ0n) is 5.91. The molecule has 0 aromatic heterocycles. The molecule has 0 atom stereocenters. The van der Waals surface area contributed by atoms with Gasteiger partial charge in [0.15, 0.2) is 0 Å². The minimum atomic E-state index is -3.69. The lowest BCUT2D eigenvalue weighted by molar-refractivity contribution is 0.577. The second-order valence-corrected chi connectivity index (χ2v) is 6.61. The molecule has 0 amide bonds. The van der Waals surface area contributed by atoms with Crippen LogP contribution in [-0.2, 0) is 0 Å². The average molecular weight is 182 g/mol. The molecule has 1 fully saturated rings. The summed E-state index contributed by atoms with van der Waals surface area (Å²) in [4.78, 5) is 0. The van der Waals surface area contributed by atoms with E-state index in [1.54, 1.807) is 0 Å². The molecular formula is C6H12F2SSi. The summed E-state index contributed by atoms with van der Waals surface area (Å²) < 4.78 is 25.5. The summed E-state index contributed by atoms with van der Waals surface area (Å²) in [5.41, 5.74) is 0. The van der Waals surface area contributed by atoms with Crippen molar-refractivity contribution in [3.8, 4) is 0 Å². The fraction of sp³-hybridized carbons (Fsp3) is 1.00. The normalized spacial score (nSPS) is 27.0. The summed E-state index contributed by atoms with van der Waals surface area (Å²) in [6.45, 7) is 0. The van der Waals surface area contributed by atoms with Gasteiger partial charge >= 0.3 is 8.74 Å². The quantitative estimate of drug-likeness (QED) is 0.410. The van der Waals surface area contributed by atoms with Gasteiger partial charge in [-0.2, -0.15) is 11.8 Å². The third-order valence-corrected chi connectivity index (χ3v) is 4.99. The monoisotopic (exact) mass is 182 g/mol. The summed E-state index contributed by atoms with van der Waals surface area (Å²) in [5.74, 6) is 1.89. The molecule has 1 aliphatic heterocycles. The fourth-order valence-electron chi connectivity index (χ4n) is 1.09. The SMILES string of the molecule is F[Si]1(F)CCCSCCC1. The van der Waals surface area contributed by atoms with Gasteiger partial charge in [-0.15, -0.1) is 0 Å². The molecule has 1 aliphatic rings. The molecule has 10 heavy (non-hydrogen) atoms. The Bertz CT molecular complexity index is 97.9. The van der Waals surface area contributed by atoms with Crippen LogP contribution in [0.25, 0.3) is 0 Å². The number of halogens is 2. The van der Waals surface area contributed by atoms with E-state index < -0.39 is 8.74 Å². The van der Waals surface area contributed by atoms with Gasteiger partial charge in [-0.05, 0) is 36.4 Å². The standard InChI is InChI=1S/C6H12F2SSi/c7-10(8)5-1-3-9-4-2-6-10/h1-6H2. The van der Waals surface area contributed by atoms with Crippen LogP contribution < -0.4 is 0 Å². The first-order valence-corrected chi connectivity index (χ1v) is 6.99. The molecule has 0 saturated carbocycles. The Morgan fingerprint density at radius 3 is 2.00 bits per heavy atom. The van der Waals surface area contributed by atoms with E-state index in [0.29, 0.717) is 0 Å². The molecule has 0 radical (unpaired) electrons. The van der Waals surface area contributed by atoms with Crippen LogP contribution in [-0.4, -0.2) is 20.2 Å². The van der Waals surface area contributed by atoms with Gasteiger partial charge in [-0.1, -0.05) is 0 Å². The number of hydrogen-bond acceptors (Lipinski definition) is 1. The summed E-state index contributed by atoms with van der Waals surface area (Å²) in [7, 11) is -3.69. The van der Waals surface area contributed by atoms with Crippen molar-refractivity contribution in [3.05, 3.63) is 0 Å². The molecule has 0 nitrogen and oxygen atoms in total. The van der Waals surface area contributed by atoms with Gasteiger partial charge in [-0.25, -0.2) is 0 Å². The van der Waals surface area contributed by atoms with Crippen molar-refractivity contribution in [2.24, 2.45) is 0 Å². The Morgan fingerprint density at radius 2 is 1.50 bits per heavy atom. The van der Waals surface area contributed by atoms with E-state index in [9.17, 15) is 8.22 Å². The molecule has 0 unspecified atom stereocenters. The van der Waals surface area contributed by atoms with E-state index >= 15 is 0 Å². The van der Waals surface area contributed by atoms with Crippen LogP contribution in [0.2, 0.25) is 12.1 Å². The van der Waals surface area contributed by atoms with Crippen LogP contribution >= 0.6 is 11.8 Å². The first-order valence-electron chi connectivity index (χ1n) is 3.66. The van der Waals surface area contributed by atoms with Gasteiger partial charge in [0.1, 0.15) is 0 Å². The molecular weight excluding hydrogens is 170 g/mol. The predicted molar refractivity (Wildman–Crippen MR) is 44.1 cm³/mol. The zero-order chi connectivity index (χ0) is 7.45. The van der Waals surface area contributed by atoms with Crippen LogP contribution in [0, 0.1) is 0 Å². The van der Waals surface area contributed by atoms with Crippen molar-refractivity contribution in [1.29, 1.82) is 0 Å². The lowest BCUT2D eigenvalue weighted by Gasteiger charge is -2.15. The van der Waals surface area contributed by atoms with Gasteiger partial charge in [0.05, 0.1) is 0 Å². The minimum absolute atomic E-state index is 0.236. The van der Waals surface area contributed by atoms with E-state index in [2.05, 4.69) is 0 Å². The van der Waals surface area contributed by atoms with Crippen LogP contribution in [0.5, 0.6) is 0 Å². The maximum absolute atomic E-state index is 12.8. The van der Waals surface area contributed by atoms with Gasteiger partial charge in [0.25, 0.3) is 0 Å². The highest BCUT2D eigenvalue weighted by Crippen LogP contribution is 2.27. The third kappa shape index (κ3) is 3.01. The minimum Gasteiger partial charge on any atom is -0.270 e. The van der Waals surface area contributed by atoms with Gasteiger partial charge < -0.3 is 0 Å². The van der Waals surface area contributed by atoms with Crippen molar-refractivity contribution in [3.63, 3.8) is 0 Å². The third-order valence-electron chi connectivity index (χ3n) is 1.66. The first-order chi connectivity index (χ1) is 4.71. The van der Waals surface area contributed by atoms with Crippen molar-refractivity contribution < 1.29 is 8.22 Å². The van der Waals surface area contributed by atoms with Gasteiger partial charge in [0.2, 0.25) is 0 Å². The topological polar surface area (TPSA) is 0 Å². The molecule has 0 aromatic carbocycles. The van der Waals surface area contributed by atoms with E-state index in [1.165, 1.54) is 0 Å². The predicted octanol–water partition coefficient (Wildman–Crippen LogP) is 2.89. The Hall–Kier alpha value is 0.427. The molecule has 0 spiro atoms. The second-order valence-electron chi connectivity index (χ2n) is 2.68. The van der Waals surface area contributed by atoms with Crippen molar-refractivity contribution in [2.45, 2.75) is 24.9 Å². The fourth-order valence-corrected chi connectivity index (χ4v) is 4.14. The van der Waals surface area contributed by atoms with Crippen LogP contribution in [0.15, 0.2) is 0 Å². The number of hydrogen-bond donors (Lipinski definition) is 0. The van der Waals surface area contributed by atoms with Gasteiger partial charge in [0, 0.05) is 0 Å². The molecule has 1 saturated heterocycles. The highest BCUT2D eigenvalue weighted by atomic mass is 32.2. The summed E-state index contributed by atoms with van der Waals surface area (Å²) >= 11 is 1.82. The molecule has 4 heteroatoms. The Balaban J connectivity index is 2.30.